The minimum Gasteiger partial charge on any atom is -0.351 e. The number of hydrogen-bond acceptors (Lipinski definition) is 7. The lowest BCUT2D eigenvalue weighted by Gasteiger charge is -2.22. The van der Waals surface area contributed by atoms with Crippen LogP contribution in [0.3, 0.4) is 0 Å². The highest BCUT2D eigenvalue weighted by atomic mass is 16.6. The van der Waals surface area contributed by atoms with Gasteiger partial charge < -0.3 is 4.90 Å². The minimum atomic E-state index is -0.430. The predicted octanol–water partition coefficient (Wildman–Crippen LogP) is 1.70. The Labute approximate surface area is 117 Å². The van der Waals surface area contributed by atoms with Crippen molar-refractivity contribution >= 4 is 17.3 Å². The molecule has 2 rings (SSSR count). The van der Waals surface area contributed by atoms with Gasteiger partial charge in [0.25, 0.3) is 0 Å². The molecule has 0 aliphatic carbocycles. The Kier molecular flexibility index (Phi) is 4.03. The van der Waals surface area contributed by atoms with Crippen molar-refractivity contribution in [3.8, 4) is 0 Å². The van der Waals surface area contributed by atoms with Crippen molar-refractivity contribution in [2.75, 3.05) is 23.4 Å². The maximum atomic E-state index is 11.4. The largest absolute Gasteiger partial charge is 0.354 e. The van der Waals surface area contributed by atoms with Gasteiger partial charge in [-0.15, -0.1) is 0 Å². The highest BCUT2D eigenvalue weighted by Crippen LogP contribution is 2.33. The molecule has 0 saturated carbocycles. The third-order valence-electron chi connectivity index (χ3n) is 2.95. The summed E-state index contributed by atoms with van der Waals surface area (Å²) in [5.41, 5.74) is 5.51. The maximum absolute atomic E-state index is 11.4. The Morgan fingerprint density at radius 1 is 1.30 bits per heavy atom. The number of anilines is 2. The monoisotopic (exact) mass is 280 g/mol. The van der Waals surface area contributed by atoms with Crippen LogP contribution in [0.4, 0.5) is 17.3 Å². The Bertz CT molecular complexity index is 493. The Morgan fingerprint density at radius 3 is 2.50 bits per heavy atom. The van der Waals surface area contributed by atoms with Gasteiger partial charge in [0, 0.05) is 18.6 Å². The number of hydrogen-bond donors (Lipinski definition) is 2. The summed E-state index contributed by atoms with van der Waals surface area (Å²) in [6, 6.07) is 0. The first kappa shape index (κ1) is 14.4. The Balaban J connectivity index is 2.31. The number of hydrazine groups is 1. The molecule has 0 radical (unpaired) electrons. The van der Waals surface area contributed by atoms with E-state index in [0.717, 1.165) is 25.9 Å². The highest BCUT2D eigenvalue weighted by molar-refractivity contribution is 5.70. The van der Waals surface area contributed by atoms with Crippen molar-refractivity contribution in [3.63, 3.8) is 0 Å². The molecule has 110 valence electrons. The lowest BCUT2D eigenvalue weighted by molar-refractivity contribution is -0.383. The van der Waals surface area contributed by atoms with Gasteiger partial charge in [-0.3, -0.25) is 15.5 Å². The van der Waals surface area contributed by atoms with Crippen LogP contribution in [-0.4, -0.2) is 33.5 Å². The molecule has 0 unspecified atom stereocenters. The summed E-state index contributed by atoms with van der Waals surface area (Å²) in [6.45, 7) is 7.45. The predicted molar refractivity (Wildman–Crippen MR) is 76.6 cm³/mol. The van der Waals surface area contributed by atoms with Crippen LogP contribution in [0.2, 0.25) is 0 Å². The Hall–Kier alpha value is -1.96. The van der Waals surface area contributed by atoms with Gasteiger partial charge in [0.05, 0.1) is 4.92 Å². The van der Waals surface area contributed by atoms with E-state index in [9.17, 15) is 10.1 Å². The SMILES string of the molecule is CC(C)(C)NNc1ncnc(N2CCCC2)c1[N+](=O)[O-]. The maximum Gasteiger partial charge on any atom is 0.354 e. The van der Waals surface area contributed by atoms with E-state index in [1.807, 2.05) is 25.7 Å². The third-order valence-corrected chi connectivity index (χ3v) is 2.95. The zero-order valence-corrected chi connectivity index (χ0v) is 12.0. The molecule has 1 fully saturated rings. The first-order valence-electron chi connectivity index (χ1n) is 6.66. The van der Waals surface area contributed by atoms with E-state index in [4.69, 9.17) is 0 Å². The van der Waals surface area contributed by atoms with Crippen LogP contribution in [-0.2, 0) is 0 Å². The molecule has 2 heterocycles. The average molecular weight is 280 g/mol. The van der Waals surface area contributed by atoms with E-state index in [-0.39, 0.29) is 17.0 Å². The smallest absolute Gasteiger partial charge is 0.351 e. The van der Waals surface area contributed by atoms with Gasteiger partial charge in [0.2, 0.25) is 11.6 Å². The van der Waals surface area contributed by atoms with Gasteiger partial charge in [-0.05, 0) is 33.6 Å². The summed E-state index contributed by atoms with van der Waals surface area (Å²) < 4.78 is 0. The summed E-state index contributed by atoms with van der Waals surface area (Å²) in [6.07, 6.45) is 3.42. The van der Waals surface area contributed by atoms with Crippen LogP contribution in [0, 0.1) is 10.1 Å². The first-order chi connectivity index (χ1) is 9.38. The van der Waals surface area contributed by atoms with Crippen LogP contribution < -0.4 is 15.8 Å². The summed E-state index contributed by atoms with van der Waals surface area (Å²) in [5, 5.41) is 11.4. The second kappa shape index (κ2) is 5.58. The van der Waals surface area contributed by atoms with Crippen LogP contribution in [0.15, 0.2) is 6.33 Å². The van der Waals surface area contributed by atoms with Gasteiger partial charge in [-0.25, -0.2) is 15.4 Å². The number of nitro groups is 1. The summed E-state index contributed by atoms with van der Waals surface area (Å²) in [4.78, 5) is 20.9. The molecule has 8 nitrogen and oxygen atoms in total. The molecule has 1 aliphatic heterocycles. The van der Waals surface area contributed by atoms with Gasteiger partial charge >= 0.3 is 5.69 Å². The molecule has 0 atom stereocenters. The topological polar surface area (TPSA) is 96.2 Å². The molecule has 1 aromatic rings. The number of nitrogens with zero attached hydrogens (tertiary/aromatic N) is 4. The molecule has 1 aromatic heterocycles. The number of rotatable bonds is 4. The molecule has 0 amide bonds. The van der Waals surface area contributed by atoms with Crippen LogP contribution >= 0.6 is 0 Å². The van der Waals surface area contributed by atoms with Crippen molar-refractivity contribution in [1.82, 2.24) is 15.4 Å². The molecule has 1 aliphatic rings. The fourth-order valence-electron chi connectivity index (χ4n) is 2.04. The lowest BCUT2D eigenvalue weighted by atomic mass is 10.1. The minimum absolute atomic E-state index is 0.0776. The van der Waals surface area contributed by atoms with Crippen molar-refractivity contribution in [3.05, 3.63) is 16.4 Å². The van der Waals surface area contributed by atoms with Gasteiger partial charge in [0.1, 0.15) is 6.33 Å². The number of nitrogens with one attached hydrogen (secondary N) is 2. The van der Waals surface area contributed by atoms with Gasteiger partial charge in [-0.2, -0.15) is 0 Å². The highest BCUT2D eigenvalue weighted by Gasteiger charge is 2.28. The van der Waals surface area contributed by atoms with E-state index in [1.54, 1.807) is 0 Å². The van der Waals surface area contributed by atoms with E-state index < -0.39 is 4.92 Å². The van der Waals surface area contributed by atoms with E-state index >= 15 is 0 Å². The van der Waals surface area contributed by atoms with E-state index in [2.05, 4.69) is 20.8 Å². The lowest BCUT2D eigenvalue weighted by Crippen LogP contribution is -2.40. The molecule has 0 bridgehead atoms. The van der Waals surface area contributed by atoms with Crippen LogP contribution in [0.1, 0.15) is 33.6 Å². The summed E-state index contributed by atoms with van der Waals surface area (Å²) in [5.74, 6) is 0.586. The van der Waals surface area contributed by atoms with Crippen molar-refractivity contribution in [2.24, 2.45) is 0 Å². The quantitative estimate of drug-likeness (QED) is 0.640. The third kappa shape index (κ3) is 3.32. The summed E-state index contributed by atoms with van der Waals surface area (Å²) in [7, 11) is 0. The van der Waals surface area contributed by atoms with E-state index in [0.29, 0.717) is 5.82 Å². The second-order valence-electron chi connectivity index (χ2n) is 5.85. The Morgan fingerprint density at radius 2 is 1.95 bits per heavy atom. The number of aromatic nitrogens is 2. The molecular weight excluding hydrogens is 260 g/mol. The van der Waals surface area contributed by atoms with Gasteiger partial charge in [0.15, 0.2) is 0 Å². The normalized spacial score (nSPS) is 15.4. The molecular formula is C12H20N6O2. The fourth-order valence-corrected chi connectivity index (χ4v) is 2.04. The van der Waals surface area contributed by atoms with Gasteiger partial charge in [-0.1, -0.05) is 0 Å². The molecule has 1 saturated heterocycles. The fraction of sp³-hybridized carbons (Fsp3) is 0.667. The van der Waals surface area contributed by atoms with Crippen LogP contribution in [0.25, 0.3) is 0 Å². The standard InChI is InChI=1S/C12H20N6O2/c1-12(2,3)16-15-10-9(18(19)20)11(14-8-13-10)17-6-4-5-7-17/h8,16H,4-7H2,1-3H3,(H,13,14,15). The molecule has 0 aromatic carbocycles. The van der Waals surface area contributed by atoms with Crippen molar-refractivity contribution in [1.29, 1.82) is 0 Å². The second-order valence-corrected chi connectivity index (χ2v) is 5.85. The van der Waals surface area contributed by atoms with Crippen molar-refractivity contribution in [2.45, 2.75) is 39.2 Å². The van der Waals surface area contributed by atoms with E-state index in [1.165, 1.54) is 6.33 Å². The molecule has 20 heavy (non-hydrogen) atoms. The zero-order chi connectivity index (χ0) is 14.8. The molecule has 2 N–H and O–H groups in total. The first-order valence-corrected chi connectivity index (χ1v) is 6.66. The molecule has 8 heteroatoms. The van der Waals surface area contributed by atoms with Crippen molar-refractivity contribution < 1.29 is 4.92 Å². The van der Waals surface area contributed by atoms with Crippen LogP contribution in [0.5, 0.6) is 0 Å². The molecule has 0 spiro atoms. The summed E-state index contributed by atoms with van der Waals surface area (Å²) >= 11 is 0. The average Bonchev–Trinajstić information content (AvgIpc) is 2.88. The zero-order valence-electron chi connectivity index (χ0n) is 12.0.